The van der Waals surface area contributed by atoms with E-state index in [0.29, 0.717) is 30.4 Å². The van der Waals surface area contributed by atoms with Gasteiger partial charge in [0, 0.05) is 41.7 Å². The minimum absolute atomic E-state index is 0.251. The first-order chi connectivity index (χ1) is 16.0. The third kappa shape index (κ3) is 4.82. The SMILES string of the molecule is COc1ccc(Cn2c(C(=O)O)c(CNCc3ccccc3Cl)c3ccc(OC)cc32)cc1. The molecule has 33 heavy (non-hydrogen) atoms. The van der Waals surface area contributed by atoms with Crippen molar-refractivity contribution in [3.05, 3.63) is 94.1 Å². The van der Waals surface area contributed by atoms with Crippen LogP contribution in [-0.2, 0) is 19.6 Å². The maximum atomic E-state index is 12.4. The Labute approximate surface area is 197 Å². The lowest BCUT2D eigenvalue weighted by atomic mass is 10.1. The first kappa shape index (κ1) is 22.7. The standard InChI is InChI=1S/C26H25ClN2O4/c1-32-19-9-7-17(8-10-19)16-29-24-13-20(33-2)11-12-21(24)22(25(29)26(30)31)15-28-14-18-5-3-4-6-23(18)27/h3-13,28H,14-16H2,1-2H3,(H,30,31). The van der Waals surface area contributed by atoms with E-state index in [0.717, 1.165) is 33.3 Å². The van der Waals surface area contributed by atoms with Crippen LogP contribution in [0.15, 0.2) is 66.7 Å². The highest BCUT2D eigenvalue weighted by Crippen LogP contribution is 2.31. The topological polar surface area (TPSA) is 72.7 Å². The lowest BCUT2D eigenvalue weighted by Gasteiger charge is -2.11. The quantitative estimate of drug-likeness (QED) is 0.349. The van der Waals surface area contributed by atoms with Crippen LogP contribution in [0.25, 0.3) is 10.9 Å². The van der Waals surface area contributed by atoms with Crippen molar-refractivity contribution in [1.82, 2.24) is 9.88 Å². The van der Waals surface area contributed by atoms with Crippen LogP contribution in [0.4, 0.5) is 0 Å². The van der Waals surface area contributed by atoms with Crippen molar-refractivity contribution in [2.75, 3.05) is 14.2 Å². The molecule has 3 aromatic carbocycles. The van der Waals surface area contributed by atoms with Crippen LogP contribution in [-0.4, -0.2) is 29.9 Å². The van der Waals surface area contributed by atoms with Gasteiger partial charge in [-0.3, -0.25) is 0 Å². The van der Waals surface area contributed by atoms with Gasteiger partial charge in [-0.1, -0.05) is 41.9 Å². The largest absolute Gasteiger partial charge is 0.497 e. The number of halogens is 1. The van der Waals surface area contributed by atoms with Crippen LogP contribution in [0, 0.1) is 0 Å². The molecular formula is C26H25ClN2O4. The van der Waals surface area contributed by atoms with Gasteiger partial charge >= 0.3 is 5.97 Å². The fourth-order valence-electron chi connectivity index (χ4n) is 3.99. The number of hydrogen-bond acceptors (Lipinski definition) is 4. The number of carboxylic acid groups (broad SMARTS) is 1. The molecule has 0 fully saturated rings. The number of benzene rings is 3. The zero-order valence-electron chi connectivity index (χ0n) is 18.5. The van der Waals surface area contributed by atoms with Gasteiger partial charge in [0.05, 0.1) is 19.7 Å². The molecule has 0 unspecified atom stereocenters. The van der Waals surface area contributed by atoms with E-state index in [1.165, 1.54) is 0 Å². The molecule has 7 heteroatoms. The van der Waals surface area contributed by atoms with Gasteiger partial charge in [0.25, 0.3) is 0 Å². The molecule has 1 aromatic heterocycles. The Hall–Kier alpha value is -3.48. The third-order valence-corrected chi connectivity index (χ3v) is 6.02. The Morgan fingerprint density at radius 1 is 0.970 bits per heavy atom. The fraction of sp³-hybridized carbons (Fsp3) is 0.192. The second kappa shape index (κ2) is 9.98. The van der Waals surface area contributed by atoms with Gasteiger partial charge < -0.3 is 24.5 Å². The second-order valence-corrected chi connectivity index (χ2v) is 8.05. The summed E-state index contributed by atoms with van der Waals surface area (Å²) in [4.78, 5) is 12.4. The molecule has 4 rings (SSSR count). The summed E-state index contributed by atoms with van der Waals surface area (Å²) >= 11 is 6.27. The number of carbonyl (C=O) groups is 1. The van der Waals surface area contributed by atoms with E-state index in [-0.39, 0.29) is 5.69 Å². The molecule has 6 nitrogen and oxygen atoms in total. The van der Waals surface area contributed by atoms with Crippen molar-refractivity contribution >= 4 is 28.5 Å². The summed E-state index contributed by atoms with van der Waals surface area (Å²) in [6.07, 6.45) is 0. The number of nitrogens with zero attached hydrogens (tertiary/aromatic N) is 1. The third-order valence-electron chi connectivity index (χ3n) is 5.65. The zero-order chi connectivity index (χ0) is 23.4. The van der Waals surface area contributed by atoms with Gasteiger partial charge in [0.2, 0.25) is 0 Å². The molecule has 0 saturated carbocycles. The summed E-state index contributed by atoms with van der Waals surface area (Å²) in [6.45, 7) is 1.31. The minimum atomic E-state index is -0.978. The van der Waals surface area contributed by atoms with Gasteiger partial charge in [0.1, 0.15) is 17.2 Å². The van der Waals surface area contributed by atoms with Crippen molar-refractivity contribution in [3.8, 4) is 11.5 Å². The first-order valence-corrected chi connectivity index (χ1v) is 10.9. The lowest BCUT2D eigenvalue weighted by Crippen LogP contribution is -2.17. The molecule has 0 saturated heterocycles. The molecule has 0 aliphatic carbocycles. The van der Waals surface area contributed by atoms with Crippen molar-refractivity contribution in [2.45, 2.75) is 19.6 Å². The van der Waals surface area contributed by atoms with Crippen molar-refractivity contribution in [3.63, 3.8) is 0 Å². The predicted octanol–water partition coefficient (Wildman–Crippen LogP) is 5.35. The Morgan fingerprint density at radius 3 is 2.33 bits per heavy atom. The normalized spacial score (nSPS) is 11.0. The maximum Gasteiger partial charge on any atom is 0.352 e. The highest BCUT2D eigenvalue weighted by molar-refractivity contribution is 6.31. The zero-order valence-corrected chi connectivity index (χ0v) is 19.2. The molecule has 0 bridgehead atoms. The second-order valence-electron chi connectivity index (χ2n) is 7.64. The molecular weight excluding hydrogens is 440 g/mol. The predicted molar refractivity (Wildman–Crippen MR) is 130 cm³/mol. The summed E-state index contributed by atoms with van der Waals surface area (Å²) < 4.78 is 12.5. The highest BCUT2D eigenvalue weighted by atomic mass is 35.5. The molecule has 0 aliphatic rings. The van der Waals surface area contributed by atoms with Crippen LogP contribution in [0.1, 0.15) is 27.2 Å². The first-order valence-electron chi connectivity index (χ1n) is 10.5. The summed E-state index contributed by atoms with van der Waals surface area (Å²) in [5, 5.41) is 15.1. The van der Waals surface area contributed by atoms with E-state index in [1.54, 1.807) is 14.2 Å². The Bertz CT molecular complexity index is 1280. The van der Waals surface area contributed by atoms with Gasteiger partial charge in [-0.25, -0.2) is 4.79 Å². The van der Waals surface area contributed by atoms with E-state index < -0.39 is 5.97 Å². The van der Waals surface area contributed by atoms with Gasteiger partial charge in [-0.15, -0.1) is 0 Å². The molecule has 0 aliphatic heterocycles. The molecule has 4 aromatic rings. The Morgan fingerprint density at radius 2 is 1.67 bits per heavy atom. The summed E-state index contributed by atoms with van der Waals surface area (Å²) in [7, 11) is 3.22. The number of carboxylic acids is 1. The van der Waals surface area contributed by atoms with Crippen LogP contribution < -0.4 is 14.8 Å². The molecule has 0 spiro atoms. The van der Waals surface area contributed by atoms with Crippen LogP contribution in [0.2, 0.25) is 5.02 Å². The van der Waals surface area contributed by atoms with Crippen molar-refractivity contribution in [1.29, 1.82) is 0 Å². The Kier molecular flexibility index (Phi) is 6.87. The number of nitrogens with one attached hydrogen (secondary N) is 1. The molecule has 0 radical (unpaired) electrons. The summed E-state index contributed by atoms with van der Waals surface area (Å²) in [5.41, 5.74) is 3.70. The number of fused-ring (bicyclic) bond motifs is 1. The van der Waals surface area contributed by atoms with Crippen LogP contribution in [0.5, 0.6) is 11.5 Å². The van der Waals surface area contributed by atoms with E-state index in [4.69, 9.17) is 21.1 Å². The van der Waals surface area contributed by atoms with Gasteiger partial charge in [0.15, 0.2) is 0 Å². The van der Waals surface area contributed by atoms with E-state index in [2.05, 4.69) is 5.32 Å². The lowest BCUT2D eigenvalue weighted by molar-refractivity contribution is 0.0684. The molecule has 0 atom stereocenters. The average Bonchev–Trinajstić information content (AvgIpc) is 3.13. The monoisotopic (exact) mass is 464 g/mol. The number of ether oxygens (including phenoxy) is 2. The molecule has 0 amide bonds. The van der Waals surface area contributed by atoms with Crippen LogP contribution in [0.3, 0.4) is 0 Å². The highest BCUT2D eigenvalue weighted by Gasteiger charge is 2.23. The van der Waals surface area contributed by atoms with E-state index in [1.807, 2.05) is 71.3 Å². The van der Waals surface area contributed by atoms with Crippen molar-refractivity contribution in [2.24, 2.45) is 0 Å². The average molecular weight is 465 g/mol. The fourth-order valence-corrected chi connectivity index (χ4v) is 4.20. The molecule has 1 heterocycles. The number of aromatic nitrogens is 1. The molecule has 170 valence electrons. The summed E-state index contributed by atoms with van der Waals surface area (Å²) in [5.74, 6) is 0.442. The van der Waals surface area contributed by atoms with E-state index >= 15 is 0 Å². The Balaban J connectivity index is 1.74. The van der Waals surface area contributed by atoms with Crippen molar-refractivity contribution < 1.29 is 19.4 Å². The number of hydrogen-bond donors (Lipinski definition) is 2. The smallest absolute Gasteiger partial charge is 0.352 e. The van der Waals surface area contributed by atoms with E-state index in [9.17, 15) is 9.90 Å². The van der Waals surface area contributed by atoms with Gasteiger partial charge in [-0.2, -0.15) is 0 Å². The number of aromatic carboxylic acids is 1. The minimum Gasteiger partial charge on any atom is -0.497 e. The number of methoxy groups -OCH3 is 2. The maximum absolute atomic E-state index is 12.4. The molecule has 2 N–H and O–H groups in total. The van der Waals surface area contributed by atoms with Crippen LogP contribution >= 0.6 is 11.6 Å². The summed E-state index contributed by atoms with van der Waals surface area (Å²) in [6, 6.07) is 20.9. The number of rotatable bonds is 9. The van der Waals surface area contributed by atoms with Gasteiger partial charge in [-0.05, 0) is 41.5 Å².